The molecule has 2 heterocycles. The molecule has 5 nitrogen and oxygen atoms in total. The maximum Gasteiger partial charge on any atom is 0.206 e. The monoisotopic (exact) mass is 297 g/mol. The van der Waals surface area contributed by atoms with Crippen LogP contribution in [0.5, 0.6) is 0 Å². The van der Waals surface area contributed by atoms with E-state index in [0.717, 1.165) is 33.2 Å². The van der Waals surface area contributed by atoms with E-state index in [1.807, 2.05) is 6.20 Å². The molecular formula is C12H19N5S2. The molecule has 0 saturated carbocycles. The highest BCUT2D eigenvalue weighted by Crippen LogP contribution is 2.34. The number of anilines is 2. The van der Waals surface area contributed by atoms with Crippen molar-refractivity contribution in [2.24, 2.45) is 0 Å². The van der Waals surface area contributed by atoms with Crippen LogP contribution in [0.1, 0.15) is 27.7 Å². The summed E-state index contributed by atoms with van der Waals surface area (Å²) in [4.78, 5) is 7.79. The quantitative estimate of drug-likeness (QED) is 0.886. The Balaban J connectivity index is 2.16. The van der Waals surface area contributed by atoms with E-state index < -0.39 is 0 Å². The molecule has 104 valence electrons. The average Bonchev–Trinajstić information content (AvgIpc) is 2.99. The zero-order chi connectivity index (χ0) is 13.8. The molecule has 0 aliphatic carbocycles. The summed E-state index contributed by atoms with van der Waals surface area (Å²) in [5, 5.41) is 14.5. The van der Waals surface area contributed by atoms with Gasteiger partial charge in [-0.15, -0.1) is 10.2 Å². The molecule has 0 saturated heterocycles. The largest absolute Gasteiger partial charge is 0.358 e. The molecule has 2 aromatic heterocycles. The fourth-order valence-corrected chi connectivity index (χ4v) is 3.60. The van der Waals surface area contributed by atoms with Crippen molar-refractivity contribution < 1.29 is 0 Å². The lowest BCUT2D eigenvalue weighted by Gasteiger charge is -2.16. The molecule has 0 aromatic carbocycles. The van der Waals surface area contributed by atoms with Crippen LogP contribution in [0.15, 0.2) is 6.20 Å². The minimum Gasteiger partial charge on any atom is -0.358 e. The van der Waals surface area contributed by atoms with Crippen molar-refractivity contribution in [3.05, 3.63) is 6.20 Å². The maximum atomic E-state index is 4.47. The van der Waals surface area contributed by atoms with Crippen LogP contribution in [0, 0.1) is 0 Å². The van der Waals surface area contributed by atoms with E-state index in [9.17, 15) is 0 Å². The van der Waals surface area contributed by atoms with E-state index in [1.165, 1.54) is 0 Å². The third-order valence-electron chi connectivity index (χ3n) is 2.58. The zero-order valence-electron chi connectivity index (χ0n) is 11.7. The van der Waals surface area contributed by atoms with Crippen LogP contribution in [0.2, 0.25) is 0 Å². The first-order chi connectivity index (χ1) is 9.13. The lowest BCUT2D eigenvalue weighted by molar-refractivity contribution is 0.860. The highest BCUT2D eigenvalue weighted by molar-refractivity contribution is 7.25. The molecule has 0 spiro atoms. The third-order valence-corrected chi connectivity index (χ3v) is 4.66. The van der Waals surface area contributed by atoms with Gasteiger partial charge in [-0.25, -0.2) is 4.98 Å². The van der Waals surface area contributed by atoms with Gasteiger partial charge in [0.2, 0.25) is 5.13 Å². The Morgan fingerprint density at radius 3 is 2.58 bits per heavy atom. The van der Waals surface area contributed by atoms with Gasteiger partial charge in [0, 0.05) is 19.1 Å². The molecule has 0 unspecified atom stereocenters. The highest BCUT2D eigenvalue weighted by atomic mass is 32.1. The molecule has 0 aliphatic heterocycles. The fraction of sp³-hybridized carbons (Fsp3) is 0.583. The van der Waals surface area contributed by atoms with E-state index in [4.69, 9.17) is 0 Å². The average molecular weight is 297 g/mol. The van der Waals surface area contributed by atoms with Crippen LogP contribution in [0.3, 0.4) is 0 Å². The van der Waals surface area contributed by atoms with Gasteiger partial charge in [-0.05, 0) is 27.7 Å². The lowest BCUT2D eigenvalue weighted by Crippen LogP contribution is -2.21. The first-order valence-corrected chi connectivity index (χ1v) is 8.08. The number of rotatable bonds is 6. The molecule has 2 rings (SSSR count). The van der Waals surface area contributed by atoms with Crippen LogP contribution in [-0.2, 0) is 0 Å². The molecule has 0 radical (unpaired) electrons. The smallest absolute Gasteiger partial charge is 0.206 e. The van der Waals surface area contributed by atoms with E-state index >= 15 is 0 Å². The normalized spacial score (nSPS) is 11.0. The second-order valence-electron chi connectivity index (χ2n) is 4.39. The van der Waals surface area contributed by atoms with Crippen LogP contribution in [-0.4, -0.2) is 34.3 Å². The van der Waals surface area contributed by atoms with Gasteiger partial charge >= 0.3 is 0 Å². The molecule has 19 heavy (non-hydrogen) atoms. The summed E-state index contributed by atoms with van der Waals surface area (Å²) in [6.07, 6.45) is 1.89. The molecule has 1 N–H and O–H groups in total. The Morgan fingerprint density at radius 1 is 1.21 bits per heavy atom. The third kappa shape index (κ3) is 3.42. The standard InChI is InChI=1S/C12H19N5S2/c1-5-17(6-2)12-13-7-9(18-12)10-15-16-11(19-10)14-8(3)4/h7-8H,5-6H2,1-4H3,(H,14,16). The second kappa shape index (κ2) is 6.29. The Kier molecular flexibility index (Phi) is 4.71. The predicted octanol–water partition coefficient (Wildman–Crippen LogP) is 3.33. The Hall–Kier alpha value is -1.21. The molecule has 0 fully saturated rings. The number of hydrogen-bond acceptors (Lipinski definition) is 7. The van der Waals surface area contributed by atoms with Gasteiger partial charge in [-0.2, -0.15) is 0 Å². The predicted molar refractivity (Wildman–Crippen MR) is 83.3 cm³/mol. The van der Waals surface area contributed by atoms with Crippen LogP contribution in [0.4, 0.5) is 10.3 Å². The van der Waals surface area contributed by atoms with Crippen LogP contribution < -0.4 is 10.2 Å². The number of nitrogens with zero attached hydrogens (tertiary/aromatic N) is 4. The first kappa shape index (κ1) is 14.2. The van der Waals surface area contributed by atoms with Crippen molar-refractivity contribution in [3.63, 3.8) is 0 Å². The summed E-state index contributed by atoms with van der Waals surface area (Å²) in [5.41, 5.74) is 0. The van der Waals surface area contributed by atoms with Gasteiger partial charge in [0.25, 0.3) is 0 Å². The van der Waals surface area contributed by atoms with Crippen molar-refractivity contribution >= 4 is 32.9 Å². The van der Waals surface area contributed by atoms with E-state index in [1.54, 1.807) is 22.7 Å². The van der Waals surface area contributed by atoms with Crippen molar-refractivity contribution in [2.75, 3.05) is 23.3 Å². The van der Waals surface area contributed by atoms with Crippen LogP contribution in [0.25, 0.3) is 9.88 Å². The second-order valence-corrected chi connectivity index (χ2v) is 6.38. The molecule has 0 amide bonds. The number of thiazole rings is 1. The van der Waals surface area contributed by atoms with E-state index in [-0.39, 0.29) is 0 Å². The van der Waals surface area contributed by atoms with Gasteiger partial charge in [-0.3, -0.25) is 0 Å². The van der Waals surface area contributed by atoms with Gasteiger partial charge in [0.05, 0.1) is 11.1 Å². The zero-order valence-corrected chi connectivity index (χ0v) is 13.3. The minimum absolute atomic E-state index is 0.369. The molecule has 0 aliphatic rings. The molecule has 2 aromatic rings. The molecule has 0 atom stereocenters. The van der Waals surface area contributed by atoms with Crippen molar-refractivity contribution in [1.82, 2.24) is 15.2 Å². The van der Waals surface area contributed by atoms with Crippen molar-refractivity contribution in [1.29, 1.82) is 0 Å². The number of aromatic nitrogens is 3. The van der Waals surface area contributed by atoms with Gasteiger partial charge < -0.3 is 10.2 Å². The summed E-state index contributed by atoms with van der Waals surface area (Å²) in [6, 6.07) is 0.369. The van der Waals surface area contributed by atoms with Crippen LogP contribution >= 0.6 is 22.7 Å². The Morgan fingerprint density at radius 2 is 1.95 bits per heavy atom. The summed E-state index contributed by atoms with van der Waals surface area (Å²) < 4.78 is 0. The van der Waals surface area contributed by atoms with Gasteiger partial charge in [0.1, 0.15) is 0 Å². The summed E-state index contributed by atoms with van der Waals surface area (Å²) >= 11 is 3.24. The summed E-state index contributed by atoms with van der Waals surface area (Å²) in [5.74, 6) is 0. The molecular weight excluding hydrogens is 278 g/mol. The lowest BCUT2D eigenvalue weighted by atomic mass is 10.4. The number of hydrogen-bond donors (Lipinski definition) is 1. The SMILES string of the molecule is CCN(CC)c1ncc(-c2nnc(NC(C)C)s2)s1. The highest BCUT2D eigenvalue weighted by Gasteiger charge is 2.13. The molecule has 7 heteroatoms. The minimum atomic E-state index is 0.369. The number of nitrogens with one attached hydrogen (secondary N) is 1. The Bertz CT molecular complexity index is 516. The van der Waals surface area contributed by atoms with E-state index in [2.05, 4.69) is 53.1 Å². The van der Waals surface area contributed by atoms with Gasteiger partial charge in [-0.1, -0.05) is 22.7 Å². The van der Waals surface area contributed by atoms with E-state index in [0.29, 0.717) is 6.04 Å². The summed E-state index contributed by atoms with van der Waals surface area (Å²) in [7, 11) is 0. The summed E-state index contributed by atoms with van der Waals surface area (Å²) in [6.45, 7) is 10.4. The fourth-order valence-electron chi connectivity index (χ4n) is 1.63. The van der Waals surface area contributed by atoms with Crippen molar-refractivity contribution in [3.8, 4) is 9.88 Å². The first-order valence-electron chi connectivity index (χ1n) is 6.45. The topological polar surface area (TPSA) is 53.9 Å². The maximum absolute atomic E-state index is 4.47. The van der Waals surface area contributed by atoms with Crippen molar-refractivity contribution in [2.45, 2.75) is 33.7 Å². The Labute approximate surface area is 121 Å². The molecule has 0 bridgehead atoms. The van der Waals surface area contributed by atoms with Gasteiger partial charge in [0.15, 0.2) is 10.1 Å².